The summed E-state index contributed by atoms with van der Waals surface area (Å²) in [6, 6.07) is 13.6. The van der Waals surface area contributed by atoms with E-state index in [1.165, 1.54) is 11.1 Å². The average molecular weight is 297 g/mol. The topological polar surface area (TPSA) is 52.4 Å². The second-order valence-corrected chi connectivity index (χ2v) is 5.69. The van der Waals surface area contributed by atoms with Gasteiger partial charge in [-0.15, -0.1) is 0 Å². The van der Waals surface area contributed by atoms with E-state index >= 15 is 0 Å². The molecular weight excluding hydrogens is 278 g/mol. The molecule has 2 aromatic rings. The summed E-state index contributed by atoms with van der Waals surface area (Å²) >= 11 is 0. The van der Waals surface area contributed by atoms with Crippen molar-refractivity contribution in [2.75, 3.05) is 6.61 Å². The summed E-state index contributed by atoms with van der Waals surface area (Å²) in [5.41, 5.74) is 3.78. The number of nitrogens with zero attached hydrogens (tertiary/aromatic N) is 1. The van der Waals surface area contributed by atoms with Gasteiger partial charge in [0.05, 0.1) is 11.5 Å². The van der Waals surface area contributed by atoms with Crippen LogP contribution in [0, 0.1) is 17.0 Å². The summed E-state index contributed by atoms with van der Waals surface area (Å²) in [5.74, 6) is 0. The highest BCUT2D eigenvalue weighted by atomic mass is 16.6. The SMILES string of the molecule is CCC1(c2ccc([N+](=O)[O-])c(C)c2)OCCc2ccccc21. The Morgan fingerprint density at radius 2 is 2.05 bits per heavy atom. The zero-order chi connectivity index (χ0) is 15.7. The lowest BCUT2D eigenvalue weighted by Gasteiger charge is -2.39. The van der Waals surface area contributed by atoms with Gasteiger partial charge in [0.15, 0.2) is 0 Å². The van der Waals surface area contributed by atoms with Gasteiger partial charge in [-0.1, -0.05) is 31.2 Å². The average Bonchev–Trinajstić information content (AvgIpc) is 2.53. The van der Waals surface area contributed by atoms with Crippen LogP contribution in [0.25, 0.3) is 0 Å². The van der Waals surface area contributed by atoms with Crippen molar-refractivity contribution in [2.24, 2.45) is 0 Å². The van der Waals surface area contributed by atoms with Gasteiger partial charge in [-0.2, -0.15) is 0 Å². The Balaban J connectivity index is 2.16. The fourth-order valence-electron chi connectivity index (χ4n) is 3.39. The van der Waals surface area contributed by atoms with Gasteiger partial charge in [0.2, 0.25) is 0 Å². The number of fused-ring (bicyclic) bond motifs is 1. The van der Waals surface area contributed by atoms with Crippen LogP contribution in [0.4, 0.5) is 5.69 Å². The van der Waals surface area contributed by atoms with Crippen molar-refractivity contribution in [1.82, 2.24) is 0 Å². The van der Waals surface area contributed by atoms with Crippen molar-refractivity contribution in [3.8, 4) is 0 Å². The van der Waals surface area contributed by atoms with E-state index in [0.29, 0.717) is 12.2 Å². The Bertz CT molecular complexity index is 726. The largest absolute Gasteiger partial charge is 0.365 e. The molecule has 4 heteroatoms. The predicted octanol–water partition coefficient (Wildman–Crippen LogP) is 4.13. The van der Waals surface area contributed by atoms with E-state index in [9.17, 15) is 10.1 Å². The number of hydrogen-bond donors (Lipinski definition) is 0. The molecule has 1 aliphatic rings. The van der Waals surface area contributed by atoms with Crippen molar-refractivity contribution in [2.45, 2.75) is 32.3 Å². The zero-order valence-electron chi connectivity index (χ0n) is 12.8. The molecule has 2 aromatic carbocycles. The van der Waals surface area contributed by atoms with E-state index in [4.69, 9.17) is 4.74 Å². The minimum atomic E-state index is -0.505. The quantitative estimate of drug-likeness (QED) is 0.632. The Kier molecular flexibility index (Phi) is 3.71. The Labute approximate surface area is 129 Å². The van der Waals surface area contributed by atoms with Crippen molar-refractivity contribution < 1.29 is 9.66 Å². The van der Waals surface area contributed by atoms with Crippen molar-refractivity contribution in [3.05, 3.63) is 74.8 Å². The normalized spacial score (nSPS) is 20.5. The van der Waals surface area contributed by atoms with Crippen LogP contribution in [0.1, 0.15) is 35.6 Å². The minimum absolute atomic E-state index is 0.152. The number of benzene rings is 2. The number of nitro benzene ring substituents is 1. The molecule has 0 aliphatic carbocycles. The molecule has 114 valence electrons. The first-order valence-electron chi connectivity index (χ1n) is 7.56. The highest BCUT2D eigenvalue weighted by molar-refractivity contribution is 5.48. The van der Waals surface area contributed by atoms with Gasteiger partial charge in [0, 0.05) is 11.6 Å². The Morgan fingerprint density at radius 1 is 1.27 bits per heavy atom. The van der Waals surface area contributed by atoms with Crippen LogP contribution < -0.4 is 0 Å². The van der Waals surface area contributed by atoms with Gasteiger partial charge in [-0.3, -0.25) is 10.1 Å². The molecule has 1 unspecified atom stereocenters. The monoisotopic (exact) mass is 297 g/mol. The van der Waals surface area contributed by atoms with E-state index in [0.717, 1.165) is 18.4 Å². The van der Waals surface area contributed by atoms with Gasteiger partial charge < -0.3 is 4.74 Å². The van der Waals surface area contributed by atoms with Crippen molar-refractivity contribution in [3.63, 3.8) is 0 Å². The first-order chi connectivity index (χ1) is 10.6. The second-order valence-electron chi connectivity index (χ2n) is 5.69. The van der Waals surface area contributed by atoms with E-state index in [2.05, 4.69) is 19.1 Å². The van der Waals surface area contributed by atoms with Crippen molar-refractivity contribution in [1.29, 1.82) is 0 Å². The number of ether oxygens (including phenoxy) is 1. The first kappa shape index (κ1) is 14.7. The summed E-state index contributed by atoms with van der Waals surface area (Å²) in [6.07, 6.45) is 1.70. The summed E-state index contributed by atoms with van der Waals surface area (Å²) in [4.78, 5) is 10.7. The lowest BCUT2D eigenvalue weighted by atomic mass is 9.78. The van der Waals surface area contributed by atoms with E-state index in [1.807, 2.05) is 24.3 Å². The molecule has 0 N–H and O–H groups in total. The maximum Gasteiger partial charge on any atom is 0.272 e. The fraction of sp³-hybridized carbons (Fsp3) is 0.333. The lowest BCUT2D eigenvalue weighted by molar-refractivity contribution is -0.385. The smallest absolute Gasteiger partial charge is 0.272 e. The molecule has 0 amide bonds. The third-order valence-corrected chi connectivity index (χ3v) is 4.53. The molecule has 1 heterocycles. The van der Waals surface area contributed by atoms with Crippen LogP contribution in [0.3, 0.4) is 0 Å². The van der Waals surface area contributed by atoms with Gasteiger partial charge in [-0.05, 0) is 48.6 Å². The molecule has 1 aliphatic heterocycles. The van der Waals surface area contributed by atoms with E-state index < -0.39 is 5.60 Å². The van der Waals surface area contributed by atoms with E-state index in [1.54, 1.807) is 13.0 Å². The number of nitro groups is 1. The molecule has 3 rings (SSSR count). The molecule has 0 spiro atoms. The fourth-order valence-corrected chi connectivity index (χ4v) is 3.39. The summed E-state index contributed by atoms with van der Waals surface area (Å²) in [6.45, 7) is 4.54. The molecule has 0 saturated heterocycles. The van der Waals surface area contributed by atoms with Crippen LogP contribution in [0.2, 0.25) is 0 Å². The van der Waals surface area contributed by atoms with Gasteiger partial charge in [-0.25, -0.2) is 0 Å². The van der Waals surface area contributed by atoms with Crippen LogP contribution in [-0.2, 0) is 16.8 Å². The van der Waals surface area contributed by atoms with Gasteiger partial charge in [0.25, 0.3) is 5.69 Å². The summed E-state index contributed by atoms with van der Waals surface area (Å²) in [5, 5.41) is 11.0. The van der Waals surface area contributed by atoms with Crippen LogP contribution >= 0.6 is 0 Å². The molecular formula is C18H19NO3. The molecule has 4 nitrogen and oxygen atoms in total. The third kappa shape index (κ3) is 2.20. The molecule has 0 radical (unpaired) electrons. The van der Waals surface area contributed by atoms with Gasteiger partial charge in [0.1, 0.15) is 5.60 Å². The maximum atomic E-state index is 11.0. The molecule has 0 bridgehead atoms. The highest BCUT2D eigenvalue weighted by Crippen LogP contribution is 2.42. The summed E-state index contributed by atoms with van der Waals surface area (Å²) < 4.78 is 6.21. The number of rotatable bonds is 3. The highest BCUT2D eigenvalue weighted by Gasteiger charge is 2.38. The minimum Gasteiger partial charge on any atom is -0.365 e. The standard InChI is InChI=1S/C18H19NO3/c1-3-18(15-8-9-17(19(20)21)13(2)12-15)16-7-5-4-6-14(16)10-11-22-18/h4-9,12H,3,10-11H2,1-2H3. The van der Waals surface area contributed by atoms with E-state index in [-0.39, 0.29) is 10.6 Å². The molecule has 1 atom stereocenters. The van der Waals surface area contributed by atoms with Gasteiger partial charge >= 0.3 is 0 Å². The zero-order valence-corrected chi connectivity index (χ0v) is 12.8. The Morgan fingerprint density at radius 3 is 2.73 bits per heavy atom. The third-order valence-electron chi connectivity index (χ3n) is 4.53. The lowest BCUT2D eigenvalue weighted by Crippen LogP contribution is -2.36. The Hall–Kier alpha value is -2.20. The molecule has 0 aromatic heterocycles. The van der Waals surface area contributed by atoms with Crippen LogP contribution in [0.5, 0.6) is 0 Å². The molecule has 0 fully saturated rings. The first-order valence-corrected chi connectivity index (χ1v) is 7.56. The van der Waals surface area contributed by atoms with Crippen LogP contribution in [-0.4, -0.2) is 11.5 Å². The van der Waals surface area contributed by atoms with Crippen LogP contribution in [0.15, 0.2) is 42.5 Å². The van der Waals surface area contributed by atoms with Crippen molar-refractivity contribution >= 4 is 5.69 Å². The maximum absolute atomic E-state index is 11.0. The second kappa shape index (κ2) is 5.54. The predicted molar refractivity (Wildman–Crippen MR) is 85.0 cm³/mol. The number of aryl methyl sites for hydroxylation is 1. The molecule has 22 heavy (non-hydrogen) atoms. The molecule has 0 saturated carbocycles. The summed E-state index contributed by atoms with van der Waals surface area (Å²) in [7, 11) is 0. The number of hydrogen-bond acceptors (Lipinski definition) is 3.